The van der Waals surface area contributed by atoms with E-state index in [1.807, 2.05) is 30.7 Å². The lowest BCUT2D eigenvalue weighted by Gasteiger charge is -2.13. The number of hydrogen-bond acceptors (Lipinski definition) is 7. The predicted octanol–water partition coefficient (Wildman–Crippen LogP) is 4.27. The molecule has 0 fully saturated rings. The Bertz CT molecular complexity index is 1310. The molecule has 0 bridgehead atoms. The minimum Gasteiger partial charge on any atom is -0.388 e. The molecule has 2 atom stereocenters. The van der Waals surface area contributed by atoms with Crippen molar-refractivity contribution in [3.8, 4) is 6.07 Å². The zero-order valence-corrected chi connectivity index (χ0v) is 22.0. The lowest BCUT2D eigenvalue weighted by atomic mass is 9.94. The predicted molar refractivity (Wildman–Crippen MR) is 146 cm³/mol. The Morgan fingerprint density at radius 3 is 2.76 bits per heavy atom. The SMILES string of the molecule is C[C@@H](CC(=O)c1c(CCCCCC(O)c2cccc(Cl)c2)n(C)c2ncc(C#N)cc12)C/C(=N/N)NN. The van der Waals surface area contributed by atoms with Gasteiger partial charge < -0.3 is 20.9 Å². The Labute approximate surface area is 222 Å². The van der Waals surface area contributed by atoms with Gasteiger partial charge in [-0.15, -0.1) is 0 Å². The fraction of sp³-hybridized carbons (Fsp3) is 0.407. The number of nitrogens with two attached hydrogens (primary N) is 2. The third-order valence-corrected chi connectivity index (χ3v) is 6.81. The molecule has 0 aliphatic heterocycles. The number of aryl methyl sites for hydroxylation is 1. The van der Waals surface area contributed by atoms with Gasteiger partial charge in [0.15, 0.2) is 5.78 Å². The number of halogens is 1. The van der Waals surface area contributed by atoms with Crippen molar-refractivity contribution in [2.45, 2.75) is 58.0 Å². The molecule has 3 aromatic rings. The van der Waals surface area contributed by atoms with Crippen LogP contribution in [0.25, 0.3) is 11.0 Å². The minimum atomic E-state index is -0.562. The third-order valence-electron chi connectivity index (χ3n) is 6.58. The summed E-state index contributed by atoms with van der Waals surface area (Å²) in [6, 6.07) is 11.1. The van der Waals surface area contributed by atoms with Gasteiger partial charge in [-0.05, 0) is 48.9 Å². The van der Waals surface area contributed by atoms with Gasteiger partial charge in [-0.2, -0.15) is 10.4 Å². The zero-order valence-electron chi connectivity index (χ0n) is 21.2. The van der Waals surface area contributed by atoms with E-state index in [1.54, 1.807) is 18.2 Å². The van der Waals surface area contributed by atoms with E-state index in [0.717, 1.165) is 30.5 Å². The van der Waals surface area contributed by atoms with Gasteiger partial charge in [0.25, 0.3) is 0 Å². The van der Waals surface area contributed by atoms with Gasteiger partial charge in [-0.3, -0.25) is 4.79 Å². The number of pyridine rings is 1. The Morgan fingerprint density at radius 1 is 1.30 bits per heavy atom. The van der Waals surface area contributed by atoms with Crippen molar-refractivity contribution in [1.29, 1.82) is 5.26 Å². The van der Waals surface area contributed by atoms with Crippen LogP contribution in [0.15, 0.2) is 41.6 Å². The van der Waals surface area contributed by atoms with E-state index >= 15 is 0 Å². The lowest BCUT2D eigenvalue weighted by molar-refractivity contribution is 0.0966. The van der Waals surface area contributed by atoms with Gasteiger partial charge in [0, 0.05) is 47.8 Å². The van der Waals surface area contributed by atoms with Crippen LogP contribution in [0.5, 0.6) is 0 Å². The van der Waals surface area contributed by atoms with Gasteiger partial charge in [-0.1, -0.05) is 43.5 Å². The first kappa shape index (κ1) is 28.1. The molecule has 0 amide bonds. The van der Waals surface area contributed by atoms with Gasteiger partial charge in [0.1, 0.15) is 17.6 Å². The minimum absolute atomic E-state index is 0.0187. The standard InChI is InChI=1S/C27H34ClN7O2/c1-17(12-25(33-30)34-31)11-24(37)26-21-13-18(15-29)16-32-27(21)35(2)22(26)9-4-3-5-10-23(36)19-7-6-8-20(28)14-19/h6-8,13-14,16-17,23,36H,3-5,9-12,30-31H2,1-2H3,(H,33,34)/t17-,23?/m0/s1. The highest BCUT2D eigenvalue weighted by atomic mass is 35.5. The lowest BCUT2D eigenvalue weighted by Crippen LogP contribution is -2.32. The highest BCUT2D eigenvalue weighted by Crippen LogP contribution is 2.29. The first-order valence-electron chi connectivity index (χ1n) is 12.4. The number of nitriles is 1. The number of benzene rings is 1. The molecule has 2 heterocycles. The average Bonchev–Trinajstić information content (AvgIpc) is 3.17. The number of carbonyl (C=O) groups is 1. The van der Waals surface area contributed by atoms with Crippen LogP contribution in [0.1, 0.15) is 78.7 Å². The number of carbonyl (C=O) groups excluding carboxylic acids is 1. The maximum atomic E-state index is 13.5. The normalized spacial score (nSPS) is 13.4. The van der Waals surface area contributed by atoms with E-state index in [1.165, 1.54) is 6.20 Å². The van der Waals surface area contributed by atoms with Crippen molar-refractivity contribution in [2.75, 3.05) is 0 Å². The van der Waals surface area contributed by atoms with Crippen LogP contribution in [0.3, 0.4) is 0 Å². The van der Waals surface area contributed by atoms with Gasteiger partial charge >= 0.3 is 0 Å². The van der Waals surface area contributed by atoms with Crippen LogP contribution in [-0.4, -0.2) is 26.3 Å². The summed E-state index contributed by atoms with van der Waals surface area (Å²) in [6.07, 6.45) is 5.55. The summed E-state index contributed by atoms with van der Waals surface area (Å²) < 4.78 is 1.95. The van der Waals surface area contributed by atoms with Crippen LogP contribution in [0, 0.1) is 17.2 Å². The molecule has 0 saturated carbocycles. The van der Waals surface area contributed by atoms with Crippen LogP contribution < -0.4 is 17.1 Å². The number of fused-ring (bicyclic) bond motifs is 1. The molecule has 6 N–H and O–H groups in total. The van der Waals surface area contributed by atoms with Crippen LogP contribution in [0.4, 0.5) is 0 Å². The molecule has 37 heavy (non-hydrogen) atoms. The number of amidine groups is 1. The maximum absolute atomic E-state index is 13.5. The number of hydrogen-bond donors (Lipinski definition) is 4. The molecule has 0 aliphatic rings. The molecule has 1 unspecified atom stereocenters. The Kier molecular flexibility index (Phi) is 10.0. The second kappa shape index (κ2) is 13.2. The molecular formula is C27H34ClN7O2. The van der Waals surface area contributed by atoms with Crippen molar-refractivity contribution < 1.29 is 9.90 Å². The summed E-state index contributed by atoms with van der Waals surface area (Å²) >= 11 is 6.04. The summed E-state index contributed by atoms with van der Waals surface area (Å²) in [5.74, 6) is 11.1. The molecule has 0 saturated heterocycles. The first-order chi connectivity index (χ1) is 17.8. The van der Waals surface area contributed by atoms with E-state index in [-0.39, 0.29) is 18.1 Å². The zero-order chi connectivity index (χ0) is 26.9. The molecule has 0 spiro atoms. The Hall–Kier alpha value is -3.45. The quantitative estimate of drug-likeness (QED) is 0.0689. The highest BCUT2D eigenvalue weighted by Gasteiger charge is 2.24. The fourth-order valence-electron chi connectivity index (χ4n) is 4.68. The summed E-state index contributed by atoms with van der Waals surface area (Å²) in [5, 5.41) is 24.8. The molecule has 3 rings (SSSR count). The van der Waals surface area contributed by atoms with Gasteiger partial charge in [0.05, 0.1) is 11.7 Å². The van der Waals surface area contributed by atoms with Crippen molar-refractivity contribution in [1.82, 2.24) is 15.0 Å². The molecular weight excluding hydrogens is 490 g/mol. The number of hydrazone groups is 1. The van der Waals surface area contributed by atoms with E-state index in [4.69, 9.17) is 23.3 Å². The number of rotatable bonds is 12. The van der Waals surface area contributed by atoms with Crippen molar-refractivity contribution in [2.24, 2.45) is 29.8 Å². The molecule has 9 nitrogen and oxygen atoms in total. The first-order valence-corrected chi connectivity index (χ1v) is 12.7. The number of aliphatic hydroxyl groups excluding tert-OH is 1. The summed E-state index contributed by atoms with van der Waals surface area (Å²) in [5.41, 5.74) is 5.86. The summed E-state index contributed by atoms with van der Waals surface area (Å²) in [4.78, 5) is 18.0. The van der Waals surface area contributed by atoms with Crippen molar-refractivity contribution >= 4 is 34.3 Å². The average molecular weight is 524 g/mol. The van der Waals surface area contributed by atoms with Crippen molar-refractivity contribution in [3.05, 3.63) is 63.9 Å². The highest BCUT2D eigenvalue weighted by molar-refractivity contribution is 6.30. The van der Waals surface area contributed by atoms with E-state index in [9.17, 15) is 15.2 Å². The molecule has 1 aromatic carbocycles. The van der Waals surface area contributed by atoms with Crippen molar-refractivity contribution in [3.63, 3.8) is 0 Å². The van der Waals surface area contributed by atoms with Crippen LogP contribution in [0.2, 0.25) is 5.02 Å². The Balaban J connectivity index is 1.74. The number of unbranched alkanes of at least 4 members (excludes halogenated alkanes) is 2. The smallest absolute Gasteiger partial charge is 0.165 e. The summed E-state index contributed by atoms with van der Waals surface area (Å²) in [6.45, 7) is 1.94. The van der Waals surface area contributed by atoms with Gasteiger partial charge in [-0.25, -0.2) is 10.8 Å². The van der Waals surface area contributed by atoms with E-state index < -0.39 is 6.10 Å². The number of nitrogens with zero attached hydrogens (tertiary/aromatic N) is 4. The molecule has 2 aromatic heterocycles. The number of aromatic nitrogens is 2. The Morgan fingerprint density at radius 2 is 2.08 bits per heavy atom. The molecule has 0 radical (unpaired) electrons. The van der Waals surface area contributed by atoms with Crippen LogP contribution >= 0.6 is 11.6 Å². The van der Waals surface area contributed by atoms with Gasteiger partial charge in [0.2, 0.25) is 0 Å². The largest absolute Gasteiger partial charge is 0.388 e. The number of Topliss-reactive ketones (excluding diaryl/α,β-unsaturated/α-hetero) is 1. The molecule has 0 aliphatic carbocycles. The third kappa shape index (κ3) is 7.07. The van der Waals surface area contributed by atoms with E-state index in [0.29, 0.717) is 52.3 Å². The number of hydrazine groups is 1. The van der Waals surface area contributed by atoms with E-state index in [2.05, 4.69) is 21.6 Å². The molecule has 196 valence electrons. The second-order valence-corrected chi connectivity index (χ2v) is 9.85. The number of nitrogens with one attached hydrogen (secondary N) is 1. The monoisotopic (exact) mass is 523 g/mol. The fourth-order valence-corrected chi connectivity index (χ4v) is 4.88. The number of ketones is 1. The summed E-state index contributed by atoms with van der Waals surface area (Å²) in [7, 11) is 1.90. The maximum Gasteiger partial charge on any atom is 0.165 e. The topological polar surface area (TPSA) is 155 Å². The second-order valence-electron chi connectivity index (χ2n) is 9.41. The number of aliphatic hydroxyl groups is 1. The molecule has 10 heteroatoms. The van der Waals surface area contributed by atoms with Crippen LogP contribution in [-0.2, 0) is 13.5 Å².